The Morgan fingerprint density at radius 2 is 0.515 bits per heavy atom. The molecule has 0 radical (unpaired) electrons. The van der Waals surface area contributed by atoms with Crippen LogP contribution < -0.4 is 0 Å². The van der Waals surface area contributed by atoms with E-state index in [0.29, 0.717) is 19.3 Å². The van der Waals surface area contributed by atoms with Crippen molar-refractivity contribution in [1.82, 2.24) is 0 Å². The van der Waals surface area contributed by atoms with Crippen molar-refractivity contribution in [2.24, 2.45) is 0 Å². The summed E-state index contributed by atoms with van der Waals surface area (Å²) in [6.45, 7) is 2.24. The van der Waals surface area contributed by atoms with Crippen molar-refractivity contribution in [3.05, 3.63) is 170 Å². The topological polar surface area (TPSA) is 231 Å². The van der Waals surface area contributed by atoms with Crippen molar-refractivity contribution in [3.8, 4) is 0 Å². The number of carbonyl (C=O) groups excluding carboxylic acids is 3. The minimum atomic E-state index is -4.95. The summed E-state index contributed by atoms with van der Waals surface area (Å²) in [4.78, 5) is 58.5. The molecule has 16 nitrogen and oxygen atoms in total. The molecule has 0 rings (SSSR count). The predicted molar refractivity (Wildman–Crippen MR) is 398 cm³/mol. The maximum Gasteiger partial charge on any atom is 0.472 e. The van der Waals surface area contributed by atoms with Crippen LogP contribution in [-0.4, -0.2) is 95.9 Å². The van der Waals surface area contributed by atoms with Crippen molar-refractivity contribution in [2.45, 2.75) is 270 Å². The van der Waals surface area contributed by atoms with Gasteiger partial charge in [0.05, 0.1) is 26.4 Å². The van der Waals surface area contributed by atoms with Gasteiger partial charge < -0.3 is 34.2 Å². The van der Waals surface area contributed by atoms with Gasteiger partial charge in [-0.05, 0) is 148 Å². The highest BCUT2D eigenvalue weighted by Crippen LogP contribution is 2.45. The molecule has 5 unspecified atom stereocenters. The number of hydrogen-bond donors (Lipinski definition) is 4. The highest BCUT2D eigenvalue weighted by molar-refractivity contribution is 7.47. The van der Waals surface area contributed by atoms with E-state index >= 15 is 0 Å². The fraction of sp³-hybridized carbons (Fsp3) is 0.608. The van der Waals surface area contributed by atoms with Crippen LogP contribution in [0.5, 0.6) is 0 Å². The third-order valence-corrected chi connectivity index (χ3v) is 16.3. The SMILES string of the molecule is CC/C=C\C/C=C\C/C=C\C/C=C\C/C=C\C/C=C\CCCCCCCCCCC(=O)OCC(O)COP(=O)(O)OCC(O)COP(=O)(O)OCC(COC(=O)CCCCCC/C=C\C/C=C\C/C=C\C/C=C\CC)OC(=O)CCCCCC/C=C\C/C=C\C/C=C\C/C=C\CC. The Kier molecular flexibility index (Phi) is 67.0. The quantitative estimate of drug-likeness (QED) is 0.0146. The molecule has 0 spiro atoms. The van der Waals surface area contributed by atoms with E-state index in [1.165, 1.54) is 19.3 Å². The summed E-state index contributed by atoms with van der Waals surface area (Å²) in [6.07, 6.45) is 88.3. The zero-order valence-electron chi connectivity index (χ0n) is 59.7. The van der Waals surface area contributed by atoms with Crippen LogP contribution in [0.25, 0.3) is 0 Å². The molecule has 0 aromatic rings. The first-order valence-corrected chi connectivity index (χ1v) is 39.4. The number of aliphatic hydroxyl groups is 2. The van der Waals surface area contributed by atoms with E-state index in [9.17, 15) is 43.5 Å². The van der Waals surface area contributed by atoms with Gasteiger partial charge in [-0.2, -0.15) is 0 Å². The van der Waals surface area contributed by atoms with Crippen molar-refractivity contribution < 1.29 is 75.8 Å². The fourth-order valence-electron chi connectivity index (χ4n) is 8.97. The first kappa shape index (κ1) is 91.9. The number of ether oxygens (including phenoxy) is 3. The fourth-order valence-corrected chi connectivity index (χ4v) is 10.6. The number of allylic oxidation sites excluding steroid dienone is 28. The number of unbranched alkanes of at least 4 members (excludes halogenated alkanes) is 16. The molecule has 0 aromatic carbocycles. The van der Waals surface area contributed by atoms with Gasteiger partial charge in [-0.15, -0.1) is 0 Å². The average Bonchev–Trinajstić information content (AvgIpc) is 1.49. The molecule has 4 N–H and O–H groups in total. The summed E-state index contributed by atoms with van der Waals surface area (Å²) in [5.41, 5.74) is 0. The summed E-state index contributed by atoms with van der Waals surface area (Å²) in [6, 6.07) is 0. The predicted octanol–water partition coefficient (Wildman–Crippen LogP) is 20.9. The van der Waals surface area contributed by atoms with Gasteiger partial charge in [-0.25, -0.2) is 9.13 Å². The second kappa shape index (κ2) is 70.8. The van der Waals surface area contributed by atoms with Gasteiger partial charge >= 0.3 is 33.6 Å². The van der Waals surface area contributed by atoms with E-state index < -0.39 is 91.5 Å². The minimum Gasteiger partial charge on any atom is -0.463 e. The second-order valence-electron chi connectivity index (χ2n) is 23.6. The molecule has 0 fully saturated rings. The number of carbonyl (C=O) groups is 3. The Balaban J connectivity index is 4.64. The molecule has 0 saturated heterocycles. The first-order valence-electron chi connectivity index (χ1n) is 36.4. The normalized spacial score (nSPS) is 15.1. The molecular weight excluding hydrogens is 1270 g/mol. The van der Waals surface area contributed by atoms with Crippen LogP contribution in [0.15, 0.2) is 170 Å². The Bertz CT molecular complexity index is 2440. The smallest absolute Gasteiger partial charge is 0.463 e. The number of rotatable bonds is 67. The van der Waals surface area contributed by atoms with E-state index in [1.54, 1.807) is 0 Å². The van der Waals surface area contributed by atoms with Crippen LogP contribution in [0.1, 0.15) is 252 Å². The Morgan fingerprint density at radius 3 is 0.814 bits per heavy atom. The van der Waals surface area contributed by atoms with E-state index in [0.717, 1.165) is 173 Å². The molecule has 97 heavy (non-hydrogen) atoms. The third kappa shape index (κ3) is 72.0. The number of phosphoric ester groups is 2. The van der Waals surface area contributed by atoms with Crippen molar-refractivity contribution in [2.75, 3.05) is 39.6 Å². The highest BCUT2D eigenvalue weighted by atomic mass is 31.2. The molecule has 18 heteroatoms. The van der Waals surface area contributed by atoms with E-state index in [1.807, 2.05) is 0 Å². The molecule has 550 valence electrons. The lowest BCUT2D eigenvalue weighted by molar-refractivity contribution is -0.161. The molecule has 0 aromatic heterocycles. The van der Waals surface area contributed by atoms with Crippen LogP contribution in [0.2, 0.25) is 0 Å². The Morgan fingerprint density at radius 1 is 0.289 bits per heavy atom. The summed E-state index contributed by atoms with van der Waals surface area (Å²) in [5.74, 6) is -1.65. The van der Waals surface area contributed by atoms with E-state index in [-0.39, 0.29) is 19.3 Å². The van der Waals surface area contributed by atoms with Gasteiger partial charge in [0.1, 0.15) is 25.4 Å². The number of hydrogen-bond acceptors (Lipinski definition) is 14. The zero-order valence-corrected chi connectivity index (χ0v) is 61.5. The van der Waals surface area contributed by atoms with E-state index in [2.05, 4.69) is 191 Å². The molecule has 0 aliphatic carbocycles. The van der Waals surface area contributed by atoms with Gasteiger partial charge in [-0.1, -0.05) is 255 Å². The molecule has 0 amide bonds. The Hall–Kier alpha value is -5.09. The van der Waals surface area contributed by atoms with Crippen molar-refractivity contribution >= 4 is 33.6 Å². The molecule has 5 atom stereocenters. The molecule has 0 bridgehead atoms. The van der Waals surface area contributed by atoms with Crippen molar-refractivity contribution in [1.29, 1.82) is 0 Å². The number of esters is 3. The monoisotopic (exact) mass is 1390 g/mol. The molecule has 0 heterocycles. The second-order valence-corrected chi connectivity index (χ2v) is 26.5. The van der Waals surface area contributed by atoms with Gasteiger partial charge in [-0.3, -0.25) is 32.5 Å². The van der Waals surface area contributed by atoms with Gasteiger partial charge in [0.2, 0.25) is 0 Å². The lowest BCUT2D eigenvalue weighted by atomic mass is 10.1. The van der Waals surface area contributed by atoms with Gasteiger partial charge in [0.15, 0.2) is 6.10 Å². The molecular formula is C79H128O16P2. The zero-order chi connectivity index (χ0) is 70.9. The highest BCUT2D eigenvalue weighted by Gasteiger charge is 2.29. The maximum atomic E-state index is 12.9. The van der Waals surface area contributed by atoms with E-state index in [4.69, 9.17) is 32.3 Å². The van der Waals surface area contributed by atoms with Crippen LogP contribution in [0, 0.1) is 0 Å². The summed E-state index contributed by atoms with van der Waals surface area (Å²) in [5, 5.41) is 20.6. The van der Waals surface area contributed by atoms with Crippen LogP contribution >= 0.6 is 15.6 Å². The summed E-state index contributed by atoms with van der Waals surface area (Å²) >= 11 is 0. The largest absolute Gasteiger partial charge is 0.472 e. The minimum absolute atomic E-state index is 0.0645. The van der Waals surface area contributed by atoms with Gasteiger partial charge in [0, 0.05) is 19.3 Å². The lowest BCUT2D eigenvalue weighted by Crippen LogP contribution is -2.30. The summed E-state index contributed by atoms with van der Waals surface area (Å²) in [7, 11) is -9.81. The van der Waals surface area contributed by atoms with Crippen LogP contribution in [-0.2, 0) is 55.8 Å². The van der Waals surface area contributed by atoms with Crippen LogP contribution in [0.4, 0.5) is 0 Å². The van der Waals surface area contributed by atoms with Gasteiger partial charge in [0.25, 0.3) is 0 Å². The van der Waals surface area contributed by atoms with Crippen LogP contribution in [0.3, 0.4) is 0 Å². The lowest BCUT2D eigenvalue weighted by Gasteiger charge is -2.21. The number of aliphatic hydroxyl groups excluding tert-OH is 2. The van der Waals surface area contributed by atoms with Crippen molar-refractivity contribution in [3.63, 3.8) is 0 Å². The molecule has 0 saturated carbocycles. The molecule has 0 aliphatic heterocycles. The Labute approximate surface area is 586 Å². The number of phosphoric acid groups is 2. The average molecular weight is 1400 g/mol. The standard InChI is InChI=1S/C79H128O16P2/c1-4-7-10-13-16-19-22-25-28-31-32-33-34-35-36-37-38-39-40-43-45-47-50-53-56-59-62-65-77(82)89-68-74(80)69-91-96(85,86)92-70-75(81)71-93-97(87,88)94-73-76(95-79(84)67-64-61-58-55-52-49-46-42-30-27-24-21-18-15-12-9-6-3)72-90-78(83)66-63-60-57-54-51-48-44-41-29-26-23-20-17-14-11-8-5-2/h7-12,16-21,25-30,32-33,35-36,38-39,44,46,48-49,74-76,80-81H,4-6,13-15,22-24,31,34,37,40-43,45,47,50-73H2,1-3H3,(H,85,86)(H,87,88)/b10-7-,11-8-,12-9-,19-16-,20-17-,21-18-,28-25-,29-26-,30-27-,33-32-,36-35-,39-38-,48-44-,49-46-. The molecule has 0 aliphatic rings. The summed E-state index contributed by atoms with van der Waals surface area (Å²) < 4.78 is 61.0. The third-order valence-electron chi connectivity index (χ3n) is 14.4. The first-order chi connectivity index (χ1) is 47.2. The maximum absolute atomic E-state index is 12.9.